The second-order valence-corrected chi connectivity index (χ2v) is 7.45. The van der Waals surface area contributed by atoms with Gasteiger partial charge in [-0.15, -0.1) is 0 Å². The second kappa shape index (κ2) is 5.25. The molecule has 4 nitrogen and oxygen atoms in total. The fourth-order valence-corrected chi connectivity index (χ4v) is 4.72. The minimum absolute atomic E-state index is 0.00376. The normalized spacial score (nSPS) is 36.4. The van der Waals surface area contributed by atoms with Gasteiger partial charge in [-0.3, -0.25) is 9.59 Å². The number of hydrogen-bond acceptors (Lipinski definition) is 2. The van der Waals surface area contributed by atoms with Crippen LogP contribution in [0.2, 0.25) is 10.0 Å². The van der Waals surface area contributed by atoms with E-state index < -0.39 is 17.8 Å². The van der Waals surface area contributed by atoms with Crippen LogP contribution in [0.4, 0.5) is 5.69 Å². The Morgan fingerprint density at radius 1 is 1.09 bits per heavy atom. The van der Waals surface area contributed by atoms with Crippen LogP contribution in [0, 0.1) is 35.5 Å². The van der Waals surface area contributed by atoms with E-state index >= 15 is 0 Å². The van der Waals surface area contributed by atoms with Crippen LogP contribution in [0.5, 0.6) is 0 Å². The predicted octanol–water partition coefficient (Wildman–Crippen LogP) is 3.70. The number of rotatable bonds is 3. The number of amides is 1. The number of halogens is 2. The highest BCUT2D eigenvalue weighted by atomic mass is 35.5. The molecule has 2 saturated carbocycles. The maximum Gasteiger partial charge on any atom is 0.307 e. The molecule has 0 radical (unpaired) electrons. The zero-order valence-electron chi connectivity index (χ0n) is 12.1. The molecule has 1 aromatic carbocycles. The fourth-order valence-electron chi connectivity index (χ4n) is 4.38. The number of aliphatic carboxylic acids is 1. The molecular formula is C17H15Cl2NO3. The molecule has 1 amide bonds. The topological polar surface area (TPSA) is 66.4 Å². The maximum absolute atomic E-state index is 12.8. The smallest absolute Gasteiger partial charge is 0.307 e. The summed E-state index contributed by atoms with van der Waals surface area (Å²) in [5.74, 6) is -1.54. The number of carbonyl (C=O) groups is 2. The molecule has 4 aliphatic rings. The standard InChI is InChI=1S/C17H15Cl2NO3/c18-7-1-4-12(19)13(5-7)20-16(21)14-8-2-3-9(11-6-10(8)11)15(14)17(22)23/h1-5,8-11,14-15H,6H2,(H,20,21)(H,22,23)/t8-,9-,10-,11-,14-,15+/m0/s1. The van der Waals surface area contributed by atoms with E-state index in [2.05, 4.69) is 5.32 Å². The summed E-state index contributed by atoms with van der Waals surface area (Å²) in [6.07, 6.45) is 5.05. The number of fused-ring (bicyclic) bond motifs is 1. The molecule has 0 spiro atoms. The summed E-state index contributed by atoms with van der Waals surface area (Å²) in [5, 5.41) is 13.2. The Morgan fingerprint density at radius 3 is 2.39 bits per heavy atom. The van der Waals surface area contributed by atoms with E-state index in [4.69, 9.17) is 23.2 Å². The zero-order valence-corrected chi connectivity index (χ0v) is 13.6. The van der Waals surface area contributed by atoms with Crippen LogP contribution < -0.4 is 5.32 Å². The minimum Gasteiger partial charge on any atom is -0.481 e. The van der Waals surface area contributed by atoms with Crippen molar-refractivity contribution in [3.05, 3.63) is 40.4 Å². The molecule has 0 aromatic heterocycles. The first-order valence-electron chi connectivity index (χ1n) is 7.64. The monoisotopic (exact) mass is 351 g/mol. The van der Waals surface area contributed by atoms with E-state index in [-0.39, 0.29) is 17.7 Å². The van der Waals surface area contributed by atoms with Crippen molar-refractivity contribution in [2.24, 2.45) is 35.5 Å². The first-order valence-corrected chi connectivity index (χ1v) is 8.40. The Morgan fingerprint density at radius 2 is 1.74 bits per heavy atom. The van der Waals surface area contributed by atoms with Crippen molar-refractivity contribution in [3.8, 4) is 0 Å². The van der Waals surface area contributed by atoms with Gasteiger partial charge in [-0.25, -0.2) is 0 Å². The summed E-state index contributed by atoms with van der Waals surface area (Å²) >= 11 is 12.0. The average Bonchev–Trinajstić information content (AvgIpc) is 3.32. The van der Waals surface area contributed by atoms with E-state index in [1.165, 1.54) is 0 Å². The molecule has 120 valence electrons. The van der Waals surface area contributed by atoms with Crippen LogP contribution in [0.3, 0.4) is 0 Å². The van der Waals surface area contributed by atoms with Crippen LogP contribution in [0.25, 0.3) is 0 Å². The van der Waals surface area contributed by atoms with Gasteiger partial charge in [0, 0.05) is 5.02 Å². The molecule has 0 saturated heterocycles. The van der Waals surface area contributed by atoms with Crippen LogP contribution in [-0.2, 0) is 9.59 Å². The van der Waals surface area contributed by atoms with Crippen molar-refractivity contribution >= 4 is 40.8 Å². The van der Waals surface area contributed by atoms with E-state index in [1.807, 2.05) is 12.2 Å². The summed E-state index contributed by atoms with van der Waals surface area (Å²) in [6.45, 7) is 0. The average molecular weight is 352 g/mol. The lowest BCUT2D eigenvalue weighted by molar-refractivity contribution is -0.152. The third kappa shape index (κ3) is 2.36. The molecular weight excluding hydrogens is 337 g/mol. The summed E-state index contributed by atoms with van der Waals surface area (Å²) in [4.78, 5) is 24.5. The lowest BCUT2D eigenvalue weighted by Crippen LogP contribution is -2.48. The number of nitrogens with one attached hydrogen (secondary N) is 1. The summed E-state index contributed by atoms with van der Waals surface area (Å²) in [6, 6.07) is 4.83. The lowest BCUT2D eigenvalue weighted by Gasteiger charge is -2.41. The molecule has 2 bridgehead atoms. The van der Waals surface area contributed by atoms with Crippen molar-refractivity contribution < 1.29 is 14.7 Å². The van der Waals surface area contributed by atoms with Crippen LogP contribution in [-0.4, -0.2) is 17.0 Å². The Balaban J connectivity index is 1.63. The predicted molar refractivity (Wildman–Crippen MR) is 87.4 cm³/mol. The van der Waals surface area contributed by atoms with Crippen LogP contribution >= 0.6 is 23.2 Å². The molecule has 4 aliphatic carbocycles. The van der Waals surface area contributed by atoms with E-state index in [1.54, 1.807) is 18.2 Å². The number of carboxylic acid groups (broad SMARTS) is 1. The van der Waals surface area contributed by atoms with Gasteiger partial charge >= 0.3 is 5.97 Å². The van der Waals surface area contributed by atoms with Gasteiger partial charge < -0.3 is 10.4 Å². The van der Waals surface area contributed by atoms with Gasteiger partial charge in [-0.05, 0) is 48.3 Å². The molecule has 5 rings (SSSR count). The number of carbonyl (C=O) groups excluding carboxylic acids is 1. The second-order valence-electron chi connectivity index (χ2n) is 6.61. The van der Waals surface area contributed by atoms with Gasteiger partial charge in [0.2, 0.25) is 5.91 Å². The van der Waals surface area contributed by atoms with E-state index in [0.29, 0.717) is 27.6 Å². The first-order chi connectivity index (χ1) is 11.0. The highest BCUT2D eigenvalue weighted by molar-refractivity contribution is 6.35. The number of carboxylic acids is 1. The van der Waals surface area contributed by atoms with Gasteiger partial charge in [0.25, 0.3) is 0 Å². The molecule has 6 atom stereocenters. The van der Waals surface area contributed by atoms with Gasteiger partial charge in [0.1, 0.15) is 0 Å². The Labute approximate surface area is 143 Å². The zero-order chi connectivity index (χ0) is 16.3. The van der Waals surface area contributed by atoms with Crippen molar-refractivity contribution in [1.29, 1.82) is 0 Å². The highest BCUT2D eigenvalue weighted by Gasteiger charge is 2.62. The van der Waals surface area contributed by atoms with Crippen molar-refractivity contribution in [2.75, 3.05) is 5.32 Å². The number of anilines is 1. The number of hydrogen-bond donors (Lipinski definition) is 2. The van der Waals surface area contributed by atoms with Gasteiger partial charge in [-0.2, -0.15) is 0 Å². The van der Waals surface area contributed by atoms with E-state index in [0.717, 1.165) is 6.42 Å². The van der Waals surface area contributed by atoms with Crippen LogP contribution in [0.15, 0.2) is 30.4 Å². The third-order valence-electron chi connectivity index (χ3n) is 5.43. The van der Waals surface area contributed by atoms with Crippen molar-refractivity contribution in [2.45, 2.75) is 6.42 Å². The summed E-state index contributed by atoms with van der Waals surface area (Å²) < 4.78 is 0. The van der Waals surface area contributed by atoms with Gasteiger partial charge in [-0.1, -0.05) is 35.4 Å². The Kier molecular flexibility index (Phi) is 3.43. The Hall–Kier alpha value is -1.52. The largest absolute Gasteiger partial charge is 0.481 e. The Bertz CT molecular complexity index is 733. The molecule has 0 unspecified atom stereocenters. The number of allylic oxidation sites excluding steroid dienone is 2. The maximum atomic E-state index is 12.8. The summed E-state index contributed by atoms with van der Waals surface area (Å²) in [7, 11) is 0. The van der Waals surface area contributed by atoms with Crippen molar-refractivity contribution in [3.63, 3.8) is 0 Å². The molecule has 1 aromatic rings. The first kappa shape index (κ1) is 15.0. The third-order valence-corrected chi connectivity index (χ3v) is 5.99. The number of benzene rings is 1. The van der Waals surface area contributed by atoms with Gasteiger partial charge in [0.05, 0.1) is 22.5 Å². The molecule has 6 heteroatoms. The molecule has 0 aliphatic heterocycles. The van der Waals surface area contributed by atoms with E-state index in [9.17, 15) is 14.7 Å². The lowest BCUT2D eigenvalue weighted by atomic mass is 9.62. The SMILES string of the molecule is O=C(O)[C@@H]1[C@H]2C=C[C@@H]([C@@H]3C[C@@H]23)[C@@H]1C(=O)Nc1cc(Cl)ccc1Cl. The quantitative estimate of drug-likeness (QED) is 0.816. The fraction of sp³-hybridized carbons (Fsp3) is 0.412. The molecule has 2 N–H and O–H groups in total. The van der Waals surface area contributed by atoms with Crippen molar-refractivity contribution in [1.82, 2.24) is 0 Å². The molecule has 23 heavy (non-hydrogen) atoms. The highest BCUT2D eigenvalue weighted by Crippen LogP contribution is 2.63. The van der Waals surface area contributed by atoms with Gasteiger partial charge in [0.15, 0.2) is 0 Å². The molecule has 0 heterocycles. The summed E-state index contributed by atoms with van der Waals surface area (Å²) in [5.41, 5.74) is 0.422. The van der Waals surface area contributed by atoms with Crippen LogP contribution in [0.1, 0.15) is 6.42 Å². The molecule has 2 fully saturated rings. The minimum atomic E-state index is -0.896.